The molecular weight excluding hydrogens is 464 g/mol. The van der Waals surface area contributed by atoms with Gasteiger partial charge < -0.3 is 15.5 Å². The first-order valence-electron chi connectivity index (χ1n) is 10.8. The maximum atomic E-state index is 15.1. The summed E-state index contributed by atoms with van der Waals surface area (Å²) in [6.45, 7) is 6.49. The van der Waals surface area contributed by atoms with E-state index >= 15 is 4.39 Å². The van der Waals surface area contributed by atoms with Gasteiger partial charge in [0.15, 0.2) is 24.0 Å². The van der Waals surface area contributed by atoms with Crippen molar-refractivity contribution in [3.05, 3.63) is 54.0 Å². The first kappa shape index (κ1) is 25.7. The zero-order valence-corrected chi connectivity index (χ0v) is 20.6. The molecule has 1 aliphatic heterocycles. The molecule has 0 atom stereocenters. The van der Waals surface area contributed by atoms with Gasteiger partial charge in [-0.1, -0.05) is 0 Å². The molecule has 2 heterocycles. The third kappa shape index (κ3) is 5.75. The SMILES string of the molecule is CC(C)S(=O)(=O)Nc1ccc(F)c(N(N)C=C(N)c2cc(N3CCN(C)CC3)c[n+](C)c2)c1F. The lowest BCUT2D eigenvalue weighted by molar-refractivity contribution is -0.671. The van der Waals surface area contributed by atoms with Gasteiger partial charge >= 0.3 is 0 Å². The standard InChI is InChI=1S/C22H32F2N7O2S/c1-15(2)34(32,33)27-20-6-5-18(23)22(21(20)24)31(26)14-19(25)16-11-17(13-29(4)12-16)30-9-7-28(3)8-10-30/h5-6,11-15,27H,7-10,25-26H2,1-4H3/q+1. The summed E-state index contributed by atoms with van der Waals surface area (Å²) in [5, 5.41) is -0.0892. The highest BCUT2D eigenvalue weighted by molar-refractivity contribution is 7.93. The summed E-state index contributed by atoms with van der Waals surface area (Å²) in [5.41, 5.74) is 6.97. The number of hydrazine groups is 1. The molecule has 0 spiro atoms. The quantitative estimate of drug-likeness (QED) is 0.301. The molecule has 0 amide bonds. The van der Waals surface area contributed by atoms with Crippen molar-refractivity contribution in [1.29, 1.82) is 0 Å². The van der Waals surface area contributed by atoms with Gasteiger partial charge in [-0.2, -0.15) is 0 Å². The summed E-state index contributed by atoms with van der Waals surface area (Å²) in [6, 6.07) is 3.84. The van der Waals surface area contributed by atoms with Gasteiger partial charge in [-0.05, 0) is 39.1 Å². The van der Waals surface area contributed by atoms with Gasteiger partial charge in [0.1, 0.15) is 18.4 Å². The molecule has 186 valence electrons. The molecule has 5 N–H and O–H groups in total. The molecule has 0 radical (unpaired) electrons. The summed E-state index contributed by atoms with van der Waals surface area (Å²) in [6.07, 6.45) is 4.95. The van der Waals surface area contributed by atoms with E-state index in [0.717, 1.165) is 49.0 Å². The second-order valence-corrected chi connectivity index (χ2v) is 10.9. The first-order valence-corrected chi connectivity index (χ1v) is 12.4. The normalized spacial score (nSPS) is 15.6. The minimum Gasteiger partial charge on any atom is -0.397 e. The Hall–Kier alpha value is -2.96. The number of aromatic nitrogens is 1. The van der Waals surface area contributed by atoms with Gasteiger partial charge in [0, 0.05) is 32.4 Å². The molecule has 1 saturated heterocycles. The molecule has 34 heavy (non-hydrogen) atoms. The topological polar surface area (TPSA) is 112 Å². The van der Waals surface area contributed by atoms with Crippen LogP contribution in [0.1, 0.15) is 19.4 Å². The number of nitrogens with zero attached hydrogens (tertiary/aromatic N) is 4. The van der Waals surface area contributed by atoms with Crippen molar-refractivity contribution in [3.63, 3.8) is 0 Å². The maximum Gasteiger partial charge on any atom is 0.235 e. The van der Waals surface area contributed by atoms with E-state index < -0.39 is 38.3 Å². The Morgan fingerprint density at radius 1 is 1.21 bits per heavy atom. The molecule has 1 aromatic heterocycles. The van der Waals surface area contributed by atoms with Gasteiger partial charge in [0.05, 0.1) is 22.2 Å². The van der Waals surface area contributed by atoms with Crippen LogP contribution in [0.25, 0.3) is 5.70 Å². The second-order valence-electron chi connectivity index (χ2n) is 8.68. The van der Waals surface area contributed by atoms with Gasteiger partial charge in [0.25, 0.3) is 0 Å². The van der Waals surface area contributed by atoms with Crippen LogP contribution >= 0.6 is 0 Å². The number of likely N-dealkylation sites (N-methyl/N-ethyl adjacent to an activating group) is 1. The highest BCUT2D eigenvalue weighted by Crippen LogP contribution is 2.30. The summed E-state index contributed by atoms with van der Waals surface area (Å²) < 4.78 is 57.8. The van der Waals surface area contributed by atoms with Crippen LogP contribution in [-0.4, -0.2) is 51.8 Å². The Morgan fingerprint density at radius 3 is 2.47 bits per heavy atom. The van der Waals surface area contributed by atoms with Crippen molar-refractivity contribution in [2.45, 2.75) is 19.1 Å². The summed E-state index contributed by atoms with van der Waals surface area (Å²) in [7, 11) is 0.0949. The van der Waals surface area contributed by atoms with E-state index in [9.17, 15) is 12.8 Å². The van der Waals surface area contributed by atoms with Crippen molar-refractivity contribution < 1.29 is 21.8 Å². The molecule has 3 rings (SSSR count). The summed E-state index contributed by atoms with van der Waals surface area (Å²) >= 11 is 0. The van der Waals surface area contributed by atoms with Crippen LogP contribution in [-0.2, 0) is 17.1 Å². The Bertz CT molecular complexity index is 1180. The fourth-order valence-electron chi connectivity index (χ4n) is 3.51. The lowest BCUT2D eigenvalue weighted by Crippen LogP contribution is -2.45. The van der Waals surface area contributed by atoms with Crippen molar-refractivity contribution in [3.8, 4) is 0 Å². The number of sulfonamides is 1. The van der Waals surface area contributed by atoms with Crippen LogP contribution in [0.2, 0.25) is 0 Å². The minimum absolute atomic E-state index is 0.182. The van der Waals surface area contributed by atoms with E-state index in [4.69, 9.17) is 11.6 Å². The van der Waals surface area contributed by atoms with Gasteiger partial charge in [-0.25, -0.2) is 27.6 Å². The Labute approximate surface area is 199 Å². The van der Waals surface area contributed by atoms with Crippen LogP contribution in [0.4, 0.5) is 25.8 Å². The summed E-state index contributed by atoms with van der Waals surface area (Å²) in [5.74, 6) is 3.85. The second kappa shape index (κ2) is 10.1. The average molecular weight is 497 g/mol. The zero-order valence-electron chi connectivity index (χ0n) is 19.8. The molecule has 0 unspecified atom stereocenters. The number of rotatable bonds is 7. The Balaban J connectivity index is 1.91. The predicted octanol–water partition coefficient (Wildman–Crippen LogP) is 1.33. The number of anilines is 3. The molecule has 1 fully saturated rings. The zero-order chi connectivity index (χ0) is 25.2. The molecular formula is C22H32F2N7O2S+. The van der Waals surface area contributed by atoms with Crippen LogP contribution in [0.5, 0.6) is 0 Å². The highest BCUT2D eigenvalue weighted by atomic mass is 32.2. The number of pyridine rings is 1. The monoisotopic (exact) mass is 496 g/mol. The molecule has 1 aliphatic rings. The smallest absolute Gasteiger partial charge is 0.235 e. The van der Waals surface area contributed by atoms with Crippen LogP contribution in [0.15, 0.2) is 36.8 Å². The molecule has 0 saturated carbocycles. The minimum atomic E-state index is -3.84. The molecule has 2 aromatic rings. The van der Waals surface area contributed by atoms with E-state index in [1.807, 2.05) is 23.9 Å². The van der Waals surface area contributed by atoms with Gasteiger partial charge in [-0.15, -0.1) is 0 Å². The van der Waals surface area contributed by atoms with Crippen molar-refractivity contribution in [2.75, 3.05) is 47.9 Å². The number of benzene rings is 1. The molecule has 0 bridgehead atoms. The van der Waals surface area contributed by atoms with Gasteiger partial charge in [-0.3, -0.25) is 9.73 Å². The predicted molar refractivity (Wildman–Crippen MR) is 130 cm³/mol. The van der Waals surface area contributed by atoms with Crippen LogP contribution in [0, 0.1) is 11.6 Å². The van der Waals surface area contributed by atoms with E-state index in [2.05, 4.69) is 21.6 Å². The molecule has 12 heteroatoms. The number of piperazine rings is 1. The Kier molecular flexibility index (Phi) is 7.64. The largest absolute Gasteiger partial charge is 0.397 e. The number of hydrogen-bond acceptors (Lipinski definition) is 7. The molecule has 9 nitrogen and oxygen atoms in total. The van der Waals surface area contributed by atoms with Crippen molar-refractivity contribution in [2.24, 2.45) is 18.6 Å². The van der Waals surface area contributed by atoms with E-state index in [0.29, 0.717) is 5.56 Å². The van der Waals surface area contributed by atoms with Gasteiger partial charge in [0.2, 0.25) is 10.0 Å². The fraction of sp³-hybridized carbons (Fsp3) is 0.409. The third-order valence-corrected chi connectivity index (χ3v) is 7.41. The molecule has 1 aromatic carbocycles. The number of nitrogens with one attached hydrogen (secondary N) is 1. The highest BCUT2D eigenvalue weighted by Gasteiger charge is 2.23. The number of halogens is 2. The van der Waals surface area contributed by atoms with Crippen LogP contribution in [0.3, 0.4) is 0 Å². The number of aryl methyl sites for hydroxylation is 1. The lowest BCUT2D eigenvalue weighted by Gasteiger charge is -2.33. The van der Waals surface area contributed by atoms with Crippen LogP contribution < -0.4 is 30.8 Å². The maximum absolute atomic E-state index is 15.1. The van der Waals surface area contributed by atoms with E-state index in [1.165, 1.54) is 20.0 Å². The number of nitrogens with two attached hydrogens (primary N) is 2. The number of hydrogen-bond donors (Lipinski definition) is 3. The van der Waals surface area contributed by atoms with Crippen molar-refractivity contribution in [1.82, 2.24) is 4.90 Å². The fourth-order valence-corrected chi connectivity index (χ4v) is 4.21. The molecule has 0 aliphatic carbocycles. The lowest BCUT2D eigenvalue weighted by atomic mass is 10.2. The Morgan fingerprint density at radius 2 is 1.85 bits per heavy atom. The van der Waals surface area contributed by atoms with E-state index in [-0.39, 0.29) is 5.70 Å². The summed E-state index contributed by atoms with van der Waals surface area (Å²) in [4.78, 5) is 4.49. The average Bonchev–Trinajstić information content (AvgIpc) is 2.75. The van der Waals surface area contributed by atoms with E-state index in [1.54, 1.807) is 6.20 Å². The third-order valence-electron chi connectivity index (χ3n) is 5.66. The first-order chi connectivity index (χ1) is 15.9. The van der Waals surface area contributed by atoms with Crippen molar-refractivity contribution >= 4 is 32.8 Å².